The summed E-state index contributed by atoms with van der Waals surface area (Å²) in [5, 5.41) is 24.3. The fourth-order valence-electron chi connectivity index (χ4n) is 1.99. The van der Waals surface area contributed by atoms with Crippen LogP contribution < -0.4 is 5.32 Å². The number of nitriles is 1. The van der Waals surface area contributed by atoms with Gasteiger partial charge in [0.05, 0.1) is 16.9 Å². The van der Waals surface area contributed by atoms with E-state index >= 15 is 0 Å². The molecule has 112 valence electrons. The summed E-state index contributed by atoms with van der Waals surface area (Å²) in [5.41, 5.74) is 1.98. The van der Waals surface area contributed by atoms with Crippen LogP contribution >= 0.6 is 11.6 Å². The first-order valence-corrected chi connectivity index (χ1v) is 7.12. The molecule has 0 saturated heterocycles. The van der Waals surface area contributed by atoms with E-state index in [2.05, 4.69) is 26.9 Å². The Labute approximate surface area is 137 Å². The van der Waals surface area contributed by atoms with Crippen LogP contribution in [0.5, 0.6) is 0 Å². The third-order valence-corrected chi connectivity index (χ3v) is 3.30. The Morgan fingerprint density at radius 2 is 2.00 bits per heavy atom. The van der Waals surface area contributed by atoms with Crippen LogP contribution in [0.3, 0.4) is 0 Å². The Balaban J connectivity index is 1.82. The topological polar surface area (TPSA) is 79.4 Å². The summed E-state index contributed by atoms with van der Waals surface area (Å²) < 4.78 is 1.61. The van der Waals surface area contributed by atoms with E-state index in [1.807, 2.05) is 30.3 Å². The number of rotatable bonds is 4. The SMILES string of the molecule is N#Cc1ccc(Cl)cc1N/C=C\c1nnnn1-c1ccccc1. The van der Waals surface area contributed by atoms with E-state index in [4.69, 9.17) is 16.9 Å². The summed E-state index contributed by atoms with van der Waals surface area (Å²) in [6, 6.07) is 16.7. The van der Waals surface area contributed by atoms with Crippen LogP contribution in [0.25, 0.3) is 11.8 Å². The van der Waals surface area contributed by atoms with Crippen molar-refractivity contribution in [3.63, 3.8) is 0 Å². The monoisotopic (exact) mass is 322 g/mol. The van der Waals surface area contributed by atoms with Gasteiger partial charge in [0.25, 0.3) is 0 Å². The normalized spacial score (nSPS) is 10.6. The van der Waals surface area contributed by atoms with Crippen molar-refractivity contribution >= 4 is 23.4 Å². The number of benzene rings is 2. The predicted molar refractivity (Wildman–Crippen MR) is 88.0 cm³/mol. The van der Waals surface area contributed by atoms with Gasteiger partial charge in [0, 0.05) is 17.3 Å². The summed E-state index contributed by atoms with van der Waals surface area (Å²) >= 11 is 5.95. The van der Waals surface area contributed by atoms with Gasteiger partial charge in [-0.05, 0) is 40.8 Å². The van der Waals surface area contributed by atoms with Gasteiger partial charge >= 0.3 is 0 Å². The summed E-state index contributed by atoms with van der Waals surface area (Å²) in [6.07, 6.45) is 3.38. The molecule has 3 rings (SSSR count). The molecule has 0 unspecified atom stereocenters. The van der Waals surface area contributed by atoms with E-state index < -0.39 is 0 Å². The maximum atomic E-state index is 9.09. The van der Waals surface area contributed by atoms with E-state index in [1.165, 1.54) is 0 Å². The number of aromatic nitrogens is 4. The average molecular weight is 323 g/mol. The van der Waals surface area contributed by atoms with Crippen LogP contribution in [-0.2, 0) is 0 Å². The summed E-state index contributed by atoms with van der Waals surface area (Å²) in [5.74, 6) is 0.559. The molecule has 0 fully saturated rings. The molecular formula is C16H11ClN6. The maximum Gasteiger partial charge on any atom is 0.181 e. The Hall–Kier alpha value is -3.17. The fourth-order valence-corrected chi connectivity index (χ4v) is 2.16. The lowest BCUT2D eigenvalue weighted by atomic mass is 10.2. The first-order chi connectivity index (χ1) is 11.3. The van der Waals surface area contributed by atoms with Crippen LogP contribution in [0.2, 0.25) is 5.02 Å². The molecule has 1 heterocycles. The lowest BCUT2D eigenvalue weighted by Gasteiger charge is -2.04. The van der Waals surface area contributed by atoms with Gasteiger partial charge in [0.1, 0.15) is 6.07 Å². The second kappa shape index (κ2) is 6.73. The van der Waals surface area contributed by atoms with Crippen LogP contribution in [0.4, 0.5) is 5.69 Å². The lowest BCUT2D eigenvalue weighted by Crippen LogP contribution is -1.99. The molecule has 0 aliphatic rings. The fraction of sp³-hybridized carbons (Fsp3) is 0. The first kappa shape index (κ1) is 14.8. The Morgan fingerprint density at radius 1 is 1.17 bits per heavy atom. The molecule has 0 bridgehead atoms. The molecule has 7 heteroatoms. The van der Waals surface area contributed by atoms with Crippen molar-refractivity contribution in [1.82, 2.24) is 20.2 Å². The zero-order valence-corrected chi connectivity index (χ0v) is 12.6. The van der Waals surface area contributed by atoms with Gasteiger partial charge < -0.3 is 5.32 Å². The second-order valence-corrected chi connectivity index (χ2v) is 5.00. The van der Waals surface area contributed by atoms with Crippen molar-refractivity contribution in [2.45, 2.75) is 0 Å². The molecule has 0 radical (unpaired) electrons. The van der Waals surface area contributed by atoms with Gasteiger partial charge in [-0.3, -0.25) is 0 Å². The highest BCUT2D eigenvalue weighted by Gasteiger charge is 2.05. The number of tetrazole rings is 1. The first-order valence-electron chi connectivity index (χ1n) is 6.74. The summed E-state index contributed by atoms with van der Waals surface area (Å²) in [4.78, 5) is 0. The smallest absolute Gasteiger partial charge is 0.181 e. The van der Waals surface area contributed by atoms with Gasteiger partial charge in [0.15, 0.2) is 5.82 Å². The summed E-state index contributed by atoms with van der Waals surface area (Å²) in [6.45, 7) is 0. The minimum absolute atomic E-state index is 0.502. The molecule has 1 N–H and O–H groups in total. The standard InChI is InChI=1S/C16H11ClN6/c17-13-7-6-12(11-18)15(10-13)19-9-8-16-20-21-22-23(16)14-4-2-1-3-5-14/h1-10,19H/b9-8-. The van der Waals surface area contributed by atoms with Crippen molar-refractivity contribution in [3.05, 3.63) is 71.1 Å². The van der Waals surface area contributed by atoms with Gasteiger partial charge in [-0.25, -0.2) is 0 Å². The van der Waals surface area contributed by atoms with E-state index in [0.717, 1.165) is 5.69 Å². The van der Waals surface area contributed by atoms with Gasteiger partial charge in [-0.15, -0.1) is 5.10 Å². The molecular weight excluding hydrogens is 312 g/mol. The molecule has 1 aromatic heterocycles. The molecule has 2 aromatic carbocycles. The number of nitrogens with zero attached hydrogens (tertiary/aromatic N) is 5. The molecule has 0 aliphatic carbocycles. The number of para-hydroxylation sites is 1. The number of nitrogens with one attached hydrogen (secondary N) is 1. The van der Waals surface area contributed by atoms with Crippen LogP contribution in [0, 0.1) is 11.3 Å². The van der Waals surface area contributed by atoms with Crippen LogP contribution in [0.15, 0.2) is 54.7 Å². The number of hydrogen-bond acceptors (Lipinski definition) is 5. The van der Waals surface area contributed by atoms with Gasteiger partial charge in [-0.2, -0.15) is 9.94 Å². The third-order valence-electron chi connectivity index (χ3n) is 3.07. The van der Waals surface area contributed by atoms with Gasteiger partial charge in [0.2, 0.25) is 0 Å². The van der Waals surface area contributed by atoms with Crippen LogP contribution in [0.1, 0.15) is 11.4 Å². The Morgan fingerprint density at radius 3 is 2.78 bits per heavy atom. The van der Waals surface area contributed by atoms with E-state index in [1.54, 1.807) is 35.2 Å². The minimum Gasteiger partial charge on any atom is -0.360 e. The van der Waals surface area contributed by atoms with Crippen molar-refractivity contribution in [1.29, 1.82) is 5.26 Å². The molecule has 6 nitrogen and oxygen atoms in total. The number of anilines is 1. The molecule has 0 amide bonds. The zero-order chi connectivity index (χ0) is 16.1. The van der Waals surface area contributed by atoms with Crippen molar-refractivity contribution in [3.8, 4) is 11.8 Å². The van der Waals surface area contributed by atoms with Crippen LogP contribution in [-0.4, -0.2) is 20.2 Å². The number of hydrogen-bond donors (Lipinski definition) is 1. The maximum absolute atomic E-state index is 9.09. The molecule has 0 atom stereocenters. The van der Waals surface area contributed by atoms with E-state index in [0.29, 0.717) is 22.1 Å². The highest BCUT2D eigenvalue weighted by Crippen LogP contribution is 2.20. The Kier molecular flexibility index (Phi) is 4.32. The van der Waals surface area contributed by atoms with E-state index in [9.17, 15) is 0 Å². The van der Waals surface area contributed by atoms with Crippen molar-refractivity contribution in [2.75, 3.05) is 5.32 Å². The van der Waals surface area contributed by atoms with Gasteiger partial charge in [-0.1, -0.05) is 29.8 Å². The highest BCUT2D eigenvalue weighted by molar-refractivity contribution is 6.30. The molecule has 0 aliphatic heterocycles. The largest absolute Gasteiger partial charge is 0.360 e. The molecule has 3 aromatic rings. The van der Waals surface area contributed by atoms with Crippen molar-refractivity contribution < 1.29 is 0 Å². The molecule has 0 spiro atoms. The minimum atomic E-state index is 0.502. The zero-order valence-electron chi connectivity index (χ0n) is 11.9. The summed E-state index contributed by atoms with van der Waals surface area (Å²) in [7, 11) is 0. The molecule has 23 heavy (non-hydrogen) atoms. The second-order valence-electron chi connectivity index (χ2n) is 4.56. The molecule has 0 saturated carbocycles. The third kappa shape index (κ3) is 3.36. The average Bonchev–Trinajstić information content (AvgIpc) is 3.04. The van der Waals surface area contributed by atoms with E-state index in [-0.39, 0.29) is 0 Å². The quantitative estimate of drug-likeness (QED) is 0.797. The highest BCUT2D eigenvalue weighted by atomic mass is 35.5. The predicted octanol–water partition coefficient (Wildman–Crippen LogP) is 3.27. The lowest BCUT2D eigenvalue weighted by molar-refractivity contribution is 0.787. The van der Waals surface area contributed by atoms with Crippen molar-refractivity contribution in [2.24, 2.45) is 0 Å². The number of halogens is 1. The Bertz CT molecular complexity index is 879.